The number of hydrogen-bond donors (Lipinski definition) is 2. The number of nitrogens with one attached hydrogen (secondary N) is 1. The lowest BCUT2D eigenvalue weighted by Gasteiger charge is -2.40. The minimum Gasteiger partial charge on any atom is -0.396 e. The maximum Gasteiger partial charge on any atom is 0.305 e. The Morgan fingerprint density at radius 2 is 2.31 bits per heavy atom. The van der Waals surface area contributed by atoms with Crippen LogP contribution in [0.5, 0.6) is 0 Å². The Labute approximate surface area is 74.4 Å². The Bertz CT molecular complexity index is 261. The second-order valence-electron chi connectivity index (χ2n) is 3.45. The summed E-state index contributed by atoms with van der Waals surface area (Å²) in [7, 11) is 0. The summed E-state index contributed by atoms with van der Waals surface area (Å²) in [5, 5.41) is 11.1. The predicted molar refractivity (Wildman–Crippen MR) is 42.0 cm³/mol. The molecule has 1 fully saturated rings. The van der Waals surface area contributed by atoms with Crippen molar-refractivity contribution in [3.05, 3.63) is 5.70 Å². The summed E-state index contributed by atoms with van der Waals surface area (Å²) in [6, 6.07) is 0. The quantitative estimate of drug-likeness (QED) is 0.587. The van der Waals surface area contributed by atoms with E-state index in [0.717, 1.165) is 0 Å². The van der Waals surface area contributed by atoms with Gasteiger partial charge in [-0.2, -0.15) is 8.78 Å². The van der Waals surface area contributed by atoms with Gasteiger partial charge in [-0.1, -0.05) is 6.92 Å². The van der Waals surface area contributed by atoms with Gasteiger partial charge in [0, 0.05) is 6.54 Å². The molecule has 5 heteroatoms. The van der Waals surface area contributed by atoms with Crippen LogP contribution in [0.2, 0.25) is 0 Å². The Morgan fingerprint density at radius 3 is 2.77 bits per heavy atom. The molecule has 1 saturated heterocycles. The van der Waals surface area contributed by atoms with Crippen molar-refractivity contribution in [2.24, 2.45) is 5.41 Å². The molecular weight excluding hydrogens is 180 g/mol. The van der Waals surface area contributed by atoms with Crippen LogP contribution >= 0.6 is 0 Å². The molecule has 0 saturated carbocycles. The lowest BCUT2D eigenvalue weighted by atomic mass is 9.77. The van der Waals surface area contributed by atoms with Gasteiger partial charge in [0.25, 0.3) is 0 Å². The standard InChI is InChI=1S/C8H11F2NO2/c1-7(5-13)2-3-11-6(4-12)8(7,9)10/h11,13H,2-3,5H2,1H3. The molecule has 2 N–H and O–H groups in total. The highest BCUT2D eigenvalue weighted by molar-refractivity contribution is 5.55. The van der Waals surface area contributed by atoms with E-state index in [0.29, 0.717) is 0 Å². The Kier molecular flexibility index (Phi) is 2.41. The number of piperidine rings is 1. The van der Waals surface area contributed by atoms with Crippen molar-refractivity contribution in [3.8, 4) is 0 Å². The summed E-state index contributed by atoms with van der Waals surface area (Å²) in [4.78, 5) is 10.2. The number of allylic oxidation sites excluding steroid dienone is 1. The first kappa shape index (κ1) is 10.2. The zero-order chi connectivity index (χ0) is 10.1. The van der Waals surface area contributed by atoms with E-state index in [2.05, 4.69) is 5.32 Å². The molecule has 0 amide bonds. The zero-order valence-electron chi connectivity index (χ0n) is 7.23. The summed E-state index contributed by atoms with van der Waals surface area (Å²) in [5.74, 6) is -2.14. The second kappa shape index (κ2) is 3.09. The number of hydrogen-bond acceptors (Lipinski definition) is 3. The first-order valence-electron chi connectivity index (χ1n) is 3.96. The van der Waals surface area contributed by atoms with Crippen molar-refractivity contribution in [2.75, 3.05) is 13.2 Å². The summed E-state index contributed by atoms with van der Waals surface area (Å²) in [6.07, 6.45) is 0.127. The van der Waals surface area contributed by atoms with Crippen LogP contribution in [0.1, 0.15) is 13.3 Å². The molecule has 1 unspecified atom stereocenters. The van der Waals surface area contributed by atoms with Gasteiger partial charge in [-0.05, 0) is 6.42 Å². The van der Waals surface area contributed by atoms with Crippen molar-refractivity contribution >= 4 is 5.94 Å². The van der Waals surface area contributed by atoms with Crippen LogP contribution in [0.4, 0.5) is 8.78 Å². The van der Waals surface area contributed by atoms with Gasteiger partial charge >= 0.3 is 5.92 Å². The molecular formula is C8H11F2NO2. The van der Waals surface area contributed by atoms with Gasteiger partial charge < -0.3 is 10.4 Å². The van der Waals surface area contributed by atoms with E-state index in [4.69, 9.17) is 5.11 Å². The largest absolute Gasteiger partial charge is 0.396 e. The van der Waals surface area contributed by atoms with Gasteiger partial charge in [0.2, 0.25) is 0 Å². The van der Waals surface area contributed by atoms with Crippen molar-refractivity contribution in [1.29, 1.82) is 0 Å². The Balaban J connectivity index is 3.08. The van der Waals surface area contributed by atoms with Crippen LogP contribution in [0.3, 0.4) is 0 Å². The smallest absolute Gasteiger partial charge is 0.305 e. The fourth-order valence-electron chi connectivity index (χ4n) is 1.31. The SMILES string of the molecule is CC1(CO)CCNC(=C=O)C1(F)F. The van der Waals surface area contributed by atoms with Crippen LogP contribution in [0.15, 0.2) is 5.70 Å². The lowest BCUT2D eigenvalue weighted by Crippen LogP contribution is -2.53. The molecule has 0 spiro atoms. The molecule has 13 heavy (non-hydrogen) atoms. The molecule has 1 heterocycles. The first-order chi connectivity index (χ1) is 5.98. The molecule has 0 aromatic rings. The number of rotatable bonds is 1. The third-order valence-corrected chi connectivity index (χ3v) is 2.50. The van der Waals surface area contributed by atoms with E-state index in [1.165, 1.54) is 12.9 Å². The molecule has 1 rings (SSSR count). The maximum atomic E-state index is 13.4. The van der Waals surface area contributed by atoms with E-state index < -0.39 is 23.6 Å². The molecule has 74 valence electrons. The molecule has 1 aliphatic rings. The fourth-order valence-corrected chi connectivity index (χ4v) is 1.31. The van der Waals surface area contributed by atoms with Crippen LogP contribution in [-0.2, 0) is 4.79 Å². The van der Waals surface area contributed by atoms with E-state index in [1.54, 1.807) is 0 Å². The number of alkyl halides is 2. The van der Waals surface area contributed by atoms with Crippen LogP contribution < -0.4 is 5.32 Å². The van der Waals surface area contributed by atoms with Crippen molar-refractivity contribution in [3.63, 3.8) is 0 Å². The van der Waals surface area contributed by atoms with E-state index in [1.807, 2.05) is 0 Å². The second-order valence-corrected chi connectivity index (χ2v) is 3.45. The first-order valence-corrected chi connectivity index (χ1v) is 3.96. The van der Waals surface area contributed by atoms with E-state index in [9.17, 15) is 13.6 Å². The highest BCUT2D eigenvalue weighted by atomic mass is 19.3. The molecule has 0 aromatic heterocycles. The normalized spacial score (nSPS) is 32.2. The number of halogens is 2. The van der Waals surface area contributed by atoms with Gasteiger partial charge in [-0.15, -0.1) is 0 Å². The summed E-state index contributed by atoms with van der Waals surface area (Å²) in [6.45, 7) is 0.870. The minimum atomic E-state index is -3.32. The Morgan fingerprint density at radius 1 is 1.69 bits per heavy atom. The molecule has 0 radical (unpaired) electrons. The van der Waals surface area contributed by atoms with Gasteiger partial charge in [0.1, 0.15) is 0 Å². The van der Waals surface area contributed by atoms with Crippen LogP contribution in [0.25, 0.3) is 0 Å². The van der Waals surface area contributed by atoms with Crippen LogP contribution in [-0.4, -0.2) is 30.1 Å². The van der Waals surface area contributed by atoms with Crippen molar-refractivity contribution in [1.82, 2.24) is 5.32 Å². The topological polar surface area (TPSA) is 49.3 Å². The highest BCUT2D eigenvalue weighted by Gasteiger charge is 2.55. The highest BCUT2D eigenvalue weighted by Crippen LogP contribution is 2.44. The molecule has 1 atom stereocenters. The van der Waals surface area contributed by atoms with Gasteiger partial charge in [-0.3, -0.25) is 0 Å². The van der Waals surface area contributed by atoms with Gasteiger partial charge in [-0.25, -0.2) is 4.79 Å². The fraction of sp³-hybridized carbons (Fsp3) is 0.750. The third-order valence-electron chi connectivity index (χ3n) is 2.50. The zero-order valence-corrected chi connectivity index (χ0v) is 7.23. The average molecular weight is 191 g/mol. The van der Waals surface area contributed by atoms with E-state index >= 15 is 0 Å². The molecule has 0 bridgehead atoms. The Hall–Kier alpha value is -0.930. The molecule has 3 nitrogen and oxygen atoms in total. The number of aliphatic hydroxyl groups excluding tert-OH is 1. The monoisotopic (exact) mass is 191 g/mol. The molecule has 1 aliphatic heterocycles. The predicted octanol–water partition coefficient (Wildman–Crippen LogP) is 0.329. The molecule has 0 aliphatic carbocycles. The minimum absolute atomic E-state index is 0.127. The average Bonchev–Trinajstić information content (AvgIpc) is 2.10. The summed E-state index contributed by atoms with van der Waals surface area (Å²) in [5.41, 5.74) is -2.30. The van der Waals surface area contributed by atoms with Crippen molar-refractivity contribution < 1.29 is 18.7 Å². The van der Waals surface area contributed by atoms with E-state index in [-0.39, 0.29) is 13.0 Å². The van der Waals surface area contributed by atoms with Gasteiger partial charge in [0.15, 0.2) is 11.6 Å². The molecule has 0 aromatic carbocycles. The maximum absolute atomic E-state index is 13.4. The summed E-state index contributed by atoms with van der Waals surface area (Å²) < 4.78 is 26.8. The summed E-state index contributed by atoms with van der Waals surface area (Å²) >= 11 is 0. The lowest BCUT2D eigenvalue weighted by molar-refractivity contribution is -0.122. The van der Waals surface area contributed by atoms with Gasteiger partial charge in [0.05, 0.1) is 12.0 Å². The van der Waals surface area contributed by atoms with Crippen molar-refractivity contribution in [2.45, 2.75) is 19.3 Å². The number of carbonyl (C=O) groups excluding carboxylic acids is 1. The third kappa shape index (κ3) is 1.34. The van der Waals surface area contributed by atoms with Crippen LogP contribution in [0, 0.1) is 5.41 Å². The number of aliphatic hydroxyl groups is 1.